The van der Waals surface area contributed by atoms with Gasteiger partial charge in [-0.3, -0.25) is 4.99 Å². The Kier molecular flexibility index (Phi) is 18.6. The van der Waals surface area contributed by atoms with Crippen LogP contribution in [0.25, 0.3) is 0 Å². The minimum Gasteiger partial charge on any atom is -0.277 e. The second kappa shape index (κ2) is 15.7. The van der Waals surface area contributed by atoms with Gasteiger partial charge in [0.1, 0.15) is 6.34 Å². The van der Waals surface area contributed by atoms with Crippen molar-refractivity contribution in [1.82, 2.24) is 0 Å². The Labute approximate surface area is 63.4 Å². The van der Waals surface area contributed by atoms with Gasteiger partial charge < -0.3 is 0 Å². The first-order valence-corrected chi connectivity index (χ1v) is 3.47. The summed E-state index contributed by atoms with van der Waals surface area (Å²) in [5.74, 6) is 0. The Hall–Kier alpha value is -0.920. The molecule has 58 valence electrons. The smallest absolute Gasteiger partial charge is 0.109 e. The van der Waals surface area contributed by atoms with Gasteiger partial charge in [-0.05, 0) is 13.0 Å². The van der Waals surface area contributed by atoms with Crippen LogP contribution >= 0.6 is 0 Å². The van der Waals surface area contributed by atoms with Gasteiger partial charge in [-0.15, -0.1) is 0 Å². The Morgan fingerprint density at radius 1 is 1.20 bits per heavy atom. The zero-order valence-corrected chi connectivity index (χ0v) is 7.20. The number of hydrogen-bond donors (Lipinski definition) is 0. The third kappa shape index (κ3) is 15.7. The van der Waals surface area contributed by atoms with Crippen LogP contribution in [0, 0.1) is 0 Å². The monoisotopic (exact) mass is 140 g/mol. The average molecular weight is 140 g/mol. The lowest BCUT2D eigenvalue weighted by atomic mass is 10.6. The van der Waals surface area contributed by atoms with Gasteiger partial charge in [-0.2, -0.15) is 0 Å². The van der Waals surface area contributed by atoms with E-state index in [-0.39, 0.29) is 0 Å². The van der Waals surface area contributed by atoms with Crippen molar-refractivity contribution >= 4 is 12.6 Å². The molecule has 0 rings (SSSR count). The lowest BCUT2D eigenvalue weighted by molar-refractivity contribution is 1.45. The van der Waals surface area contributed by atoms with Crippen LogP contribution < -0.4 is 0 Å². The highest BCUT2D eigenvalue weighted by atomic mass is 14.8. The number of hydrogen-bond acceptors (Lipinski definition) is 1. The fourth-order valence-corrected chi connectivity index (χ4v) is 0.241. The van der Waals surface area contributed by atoms with Crippen molar-refractivity contribution in [3.8, 4) is 0 Å². The van der Waals surface area contributed by atoms with E-state index in [1.807, 2.05) is 32.9 Å². The highest BCUT2D eigenvalue weighted by Gasteiger charge is 1.56. The highest BCUT2D eigenvalue weighted by molar-refractivity contribution is 5.79. The number of nitrogens with zero attached hydrogens (tertiary/aromatic N) is 2. The standard InChI is InChI=1S/C6H10N2.C2H6/c1-3-4-5-8-6-7-2;1-2/h3-6H,1-2H3;1-2H3/b4-3-,7-6?,8-5?;. The number of rotatable bonds is 2. The molecular formula is C8H16N2. The van der Waals surface area contributed by atoms with Crippen LogP contribution in [-0.2, 0) is 0 Å². The Balaban J connectivity index is 0. The lowest BCUT2D eigenvalue weighted by Gasteiger charge is -1.69. The molecule has 0 aromatic carbocycles. The molecule has 0 atom stereocenters. The maximum absolute atomic E-state index is 3.78. The molecule has 0 aromatic heterocycles. The third-order valence-electron chi connectivity index (χ3n) is 0.547. The Morgan fingerprint density at radius 2 is 1.80 bits per heavy atom. The zero-order valence-electron chi connectivity index (χ0n) is 7.20. The summed E-state index contributed by atoms with van der Waals surface area (Å²) in [6.45, 7) is 5.94. The maximum atomic E-state index is 3.78. The Morgan fingerprint density at radius 3 is 2.20 bits per heavy atom. The summed E-state index contributed by atoms with van der Waals surface area (Å²) in [5, 5.41) is 0. The average Bonchev–Trinajstić information content (AvgIpc) is 2.02. The molecular weight excluding hydrogens is 124 g/mol. The molecule has 0 bridgehead atoms. The zero-order chi connectivity index (χ0) is 8.24. The van der Waals surface area contributed by atoms with Crippen LogP contribution in [0.15, 0.2) is 22.1 Å². The number of aliphatic imine (C=N–C) groups is 2. The first kappa shape index (κ1) is 11.8. The third-order valence-corrected chi connectivity index (χ3v) is 0.547. The van der Waals surface area contributed by atoms with E-state index >= 15 is 0 Å². The van der Waals surface area contributed by atoms with Gasteiger partial charge in [-0.1, -0.05) is 19.9 Å². The molecule has 0 radical (unpaired) electrons. The van der Waals surface area contributed by atoms with Crippen molar-refractivity contribution in [3.63, 3.8) is 0 Å². The van der Waals surface area contributed by atoms with Gasteiger partial charge in [0.25, 0.3) is 0 Å². The molecule has 0 aliphatic rings. The summed E-state index contributed by atoms with van der Waals surface area (Å²) in [4.78, 5) is 7.43. The molecule has 0 unspecified atom stereocenters. The van der Waals surface area contributed by atoms with E-state index < -0.39 is 0 Å². The highest BCUT2D eigenvalue weighted by Crippen LogP contribution is 1.63. The van der Waals surface area contributed by atoms with E-state index in [1.54, 1.807) is 13.3 Å². The van der Waals surface area contributed by atoms with E-state index in [4.69, 9.17) is 0 Å². The van der Waals surface area contributed by atoms with E-state index in [1.165, 1.54) is 6.34 Å². The van der Waals surface area contributed by atoms with Crippen molar-refractivity contribution in [2.75, 3.05) is 7.05 Å². The second-order valence-corrected chi connectivity index (χ2v) is 1.20. The largest absolute Gasteiger partial charge is 0.277 e. The molecule has 0 aromatic rings. The summed E-state index contributed by atoms with van der Waals surface area (Å²) in [6, 6.07) is 0. The lowest BCUT2D eigenvalue weighted by Crippen LogP contribution is -1.65. The quantitative estimate of drug-likeness (QED) is 0.415. The molecule has 0 spiro atoms. The van der Waals surface area contributed by atoms with Crippen LogP contribution in [0.1, 0.15) is 20.8 Å². The summed E-state index contributed by atoms with van der Waals surface area (Å²) >= 11 is 0. The fourth-order valence-electron chi connectivity index (χ4n) is 0.241. The molecule has 10 heavy (non-hydrogen) atoms. The van der Waals surface area contributed by atoms with E-state index in [0.717, 1.165) is 0 Å². The molecule has 0 saturated carbocycles. The van der Waals surface area contributed by atoms with E-state index in [9.17, 15) is 0 Å². The van der Waals surface area contributed by atoms with Gasteiger partial charge in [0.05, 0.1) is 0 Å². The molecule has 2 nitrogen and oxygen atoms in total. The molecule has 2 heteroatoms. The van der Waals surface area contributed by atoms with Gasteiger partial charge in [0.15, 0.2) is 0 Å². The first-order valence-electron chi connectivity index (χ1n) is 3.47. The molecule has 0 aliphatic carbocycles. The summed E-state index contributed by atoms with van der Waals surface area (Å²) in [6.07, 6.45) is 6.95. The minimum atomic E-state index is 1.50. The fraction of sp³-hybridized carbons (Fsp3) is 0.500. The summed E-state index contributed by atoms with van der Waals surface area (Å²) in [5.41, 5.74) is 0. The topological polar surface area (TPSA) is 24.7 Å². The maximum Gasteiger partial charge on any atom is 0.109 e. The van der Waals surface area contributed by atoms with Crippen molar-refractivity contribution in [1.29, 1.82) is 0 Å². The van der Waals surface area contributed by atoms with Gasteiger partial charge in [0, 0.05) is 13.3 Å². The van der Waals surface area contributed by atoms with Crippen molar-refractivity contribution in [2.24, 2.45) is 9.98 Å². The minimum absolute atomic E-state index is 1.50. The molecule has 0 amide bonds. The van der Waals surface area contributed by atoms with E-state index in [2.05, 4.69) is 9.98 Å². The second-order valence-electron chi connectivity index (χ2n) is 1.20. The van der Waals surface area contributed by atoms with Gasteiger partial charge in [0.2, 0.25) is 0 Å². The van der Waals surface area contributed by atoms with Crippen molar-refractivity contribution < 1.29 is 0 Å². The van der Waals surface area contributed by atoms with Crippen LogP contribution in [-0.4, -0.2) is 19.6 Å². The Bertz CT molecular complexity index is 98.4. The normalized spacial score (nSPS) is 10.8. The van der Waals surface area contributed by atoms with Crippen LogP contribution in [0.5, 0.6) is 0 Å². The number of allylic oxidation sites excluding steroid dienone is 2. The van der Waals surface area contributed by atoms with Gasteiger partial charge in [-0.25, -0.2) is 4.99 Å². The van der Waals surface area contributed by atoms with E-state index in [0.29, 0.717) is 0 Å². The molecule has 0 heterocycles. The molecule has 0 aliphatic heterocycles. The predicted octanol–water partition coefficient (Wildman–Crippen LogP) is 2.32. The molecule has 0 N–H and O–H groups in total. The SMILES string of the molecule is C/C=C\C=NC=NC.CC. The molecule has 0 fully saturated rings. The molecule has 0 saturated heterocycles. The van der Waals surface area contributed by atoms with Crippen molar-refractivity contribution in [2.45, 2.75) is 20.8 Å². The summed E-state index contributed by atoms with van der Waals surface area (Å²) in [7, 11) is 1.69. The van der Waals surface area contributed by atoms with Crippen molar-refractivity contribution in [3.05, 3.63) is 12.2 Å². The first-order chi connectivity index (χ1) is 4.91. The van der Waals surface area contributed by atoms with Gasteiger partial charge >= 0.3 is 0 Å². The predicted molar refractivity (Wildman–Crippen MR) is 49.1 cm³/mol. The summed E-state index contributed by atoms with van der Waals surface area (Å²) < 4.78 is 0. The van der Waals surface area contributed by atoms with Crippen LogP contribution in [0.3, 0.4) is 0 Å². The van der Waals surface area contributed by atoms with Crippen LogP contribution in [0.4, 0.5) is 0 Å². The van der Waals surface area contributed by atoms with Crippen LogP contribution in [0.2, 0.25) is 0 Å².